The van der Waals surface area contributed by atoms with Crippen molar-refractivity contribution in [2.75, 3.05) is 31.1 Å². The quantitative estimate of drug-likeness (QED) is 0.818. The molecule has 2 nitrogen and oxygen atoms in total. The predicted molar refractivity (Wildman–Crippen MR) is 73.8 cm³/mol. The second-order valence-corrected chi connectivity index (χ2v) is 6.49. The van der Waals surface area contributed by atoms with Gasteiger partial charge in [0, 0.05) is 35.4 Å². The lowest BCUT2D eigenvalue weighted by Crippen LogP contribution is -2.38. The molecule has 1 aliphatic heterocycles. The molecule has 3 heteroatoms. The summed E-state index contributed by atoms with van der Waals surface area (Å²) < 4.78 is 11.3. The summed E-state index contributed by atoms with van der Waals surface area (Å²) in [6, 6.07) is 10.7. The van der Waals surface area contributed by atoms with Crippen LogP contribution in [0.3, 0.4) is 0 Å². The molecule has 1 heterocycles. The molecule has 1 saturated heterocycles. The van der Waals surface area contributed by atoms with Crippen molar-refractivity contribution >= 4 is 10.8 Å². The summed E-state index contributed by atoms with van der Waals surface area (Å²) in [5.41, 5.74) is 1.42. The van der Waals surface area contributed by atoms with E-state index >= 15 is 0 Å². The van der Waals surface area contributed by atoms with Crippen LogP contribution in [-0.4, -0.2) is 40.2 Å². The lowest BCUT2D eigenvalue weighted by atomic mass is 9.98. The lowest BCUT2D eigenvalue weighted by Gasteiger charge is -2.27. The second kappa shape index (κ2) is 6.31. The monoisotopic (exact) mass is 251 g/mol. The molecule has 1 fully saturated rings. The molecule has 17 heavy (non-hydrogen) atoms. The van der Waals surface area contributed by atoms with Gasteiger partial charge in [0.15, 0.2) is 0 Å². The fourth-order valence-corrected chi connectivity index (χ4v) is 3.35. The Balaban J connectivity index is 1.77. The molecule has 0 aromatic heterocycles. The van der Waals surface area contributed by atoms with Crippen LogP contribution in [0.25, 0.3) is 0 Å². The maximum absolute atomic E-state index is 11.3. The molecule has 1 aliphatic rings. The van der Waals surface area contributed by atoms with Crippen LogP contribution in [0.1, 0.15) is 24.8 Å². The fourth-order valence-electron chi connectivity index (χ4n) is 2.22. The van der Waals surface area contributed by atoms with Crippen LogP contribution < -0.4 is 0 Å². The van der Waals surface area contributed by atoms with Crippen LogP contribution in [0, 0.1) is 0 Å². The summed E-state index contributed by atoms with van der Waals surface area (Å²) in [5.74, 6) is 2.34. The summed E-state index contributed by atoms with van der Waals surface area (Å²) in [6.07, 6.45) is 1.19. The Morgan fingerprint density at radius 3 is 2.53 bits per heavy atom. The van der Waals surface area contributed by atoms with Gasteiger partial charge in [-0.3, -0.25) is 4.21 Å². The van der Waals surface area contributed by atoms with E-state index in [4.69, 9.17) is 0 Å². The minimum absolute atomic E-state index is 0.553. The SMILES string of the molecule is C[C@H](CCN1CCS(=O)CC1)c1ccccc1. The largest absolute Gasteiger partial charge is 0.301 e. The molecule has 0 radical (unpaired) electrons. The normalized spacial score (nSPS) is 20.3. The summed E-state index contributed by atoms with van der Waals surface area (Å²) >= 11 is 0. The number of nitrogens with zero attached hydrogens (tertiary/aromatic N) is 1. The number of rotatable bonds is 4. The van der Waals surface area contributed by atoms with Crippen LogP contribution in [0.4, 0.5) is 0 Å². The molecule has 0 aliphatic carbocycles. The molecule has 0 saturated carbocycles. The Hall–Kier alpha value is -0.670. The highest BCUT2D eigenvalue weighted by Gasteiger charge is 2.15. The van der Waals surface area contributed by atoms with Crippen LogP contribution in [0.2, 0.25) is 0 Å². The van der Waals surface area contributed by atoms with Crippen molar-refractivity contribution in [2.45, 2.75) is 19.3 Å². The zero-order chi connectivity index (χ0) is 12.1. The standard InChI is InChI=1S/C14H21NOS/c1-13(14-5-3-2-4-6-14)7-8-15-9-11-17(16)12-10-15/h2-6,13H,7-12H2,1H3/t13-/m1/s1. The van der Waals surface area contributed by atoms with E-state index in [-0.39, 0.29) is 0 Å². The Kier molecular flexibility index (Phi) is 4.75. The molecule has 94 valence electrons. The van der Waals surface area contributed by atoms with Gasteiger partial charge in [-0.2, -0.15) is 0 Å². The number of benzene rings is 1. The molecular formula is C14H21NOS. The highest BCUT2D eigenvalue weighted by atomic mass is 32.2. The molecule has 0 unspecified atom stereocenters. The average molecular weight is 251 g/mol. The minimum Gasteiger partial charge on any atom is -0.301 e. The van der Waals surface area contributed by atoms with Gasteiger partial charge in [-0.1, -0.05) is 37.3 Å². The van der Waals surface area contributed by atoms with Crippen LogP contribution in [-0.2, 0) is 10.8 Å². The Morgan fingerprint density at radius 2 is 1.88 bits per heavy atom. The zero-order valence-electron chi connectivity index (χ0n) is 10.5. The van der Waals surface area contributed by atoms with E-state index in [1.807, 2.05) is 0 Å². The van der Waals surface area contributed by atoms with Crippen molar-refractivity contribution in [3.8, 4) is 0 Å². The molecule has 1 aromatic carbocycles. The van der Waals surface area contributed by atoms with E-state index in [1.165, 1.54) is 12.0 Å². The first-order chi connectivity index (χ1) is 8.25. The maximum Gasteiger partial charge on any atom is 0.0363 e. The van der Waals surface area contributed by atoms with Gasteiger partial charge in [0.2, 0.25) is 0 Å². The van der Waals surface area contributed by atoms with Gasteiger partial charge in [-0.25, -0.2) is 0 Å². The third-order valence-corrected chi connectivity index (χ3v) is 4.79. The molecule has 0 amide bonds. The first-order valence-electron chi connectivity index (χ1n) is 6.38. The third-order valence-electron chi connectivity index (χ3n) is 3.52. The van der Waals surface area contributed by atoms with Gasteiger partial charge in [-0.15, -0.1) is 0 Å². The molecule has 0 N–H and O–H groups in total. The number of hydrogen-bond donors (Lipinski definition) is 0. The van der Waals surface area contributed by atoms with E-state index in [0.29, 0.717) is 5.92 Å². The van der Waals surface area contributed by atoms with Gasteiger partial charge < -0.3 is 4.90 Å². The highest BCUT2D eigenvalue weighted by molar-refractivity contribution is 7.85. The van der Waals surface area contributed by atoms with Gasteiger partial charge >= 0.3 is 0 Å². The summed E-state index contributed by atoms with van der Waals surface area (Å²) in [6.45, 7) is 5.44. The maximum atomic E-state index is 11.3. The summed E-state index contributed by atoms with van der Waals surface area (Å²) in [7, 11) is -0.553. The number of hydrogen-bond acceptors (Lipinski definition) is 2. The van der Waals surface area contributed by atoms with Gasteiger partial charge in [0.25, 0.3) is 0 Å². The lowest BCUT2D eigenvalue weighted by molar-refractivity contribution is 0.288. The molecule has 0 bridgehead atoms. The van der Waals surface area contributed by atoms with Crippen molar-refractivity contribution in [1.29, 1.82) is 0 Å². The van der Waals surface area contributed by atoms with E-state index in [2.05, 4.69) is 42.2 Å². The van der Waals surface area contributed by atoms with Crippen LogP contribution in [0.15, 0.2) is 30.3 Å². The summed E-state index contributed by atoms with van der Waals surface area (Å²) in [5, 5.41) is 0. The first kappa shape index (κ1) is 12.8. The second-order valence-electron chi connectivity index (χ2n) is 4.79. The van der Waals surface area contributed by atoms with Gasteiger partial charge in [0.05, 0.1) is 0 Å². The molecule has 2 rings (SSSR count). The Morgan fingerprint density at radius 1 is 1.24 bits per heavy atom. The Bertz CT molecular complexity index is 356. The smallest absolute Gasteiger partial charge is 0.0363 e. The zero-order valence-corrected chi connectivity index (χ0v) is 11.3. The molecular weight excluding hydrogens is 230 g/mol. The molecule has 1 aromatic rings. The average Bonchev–Trinajstić information content (AvgIpc) is 2.39. The third kappa shape index (κ3) is 3.93. The van der Waals surface area contributed by atoms with Gasteiger partial charge in [0.1, 0.15) is 0 Å². The Labute approximate surface area is 106 Å². The van der Waals surface area contributed by atoms with Gasteiger partial charge in [-0.05, 0) is 24.4 Å². The van der Waals surface area contributed by atoms with E-state index < -0.39 is 10.8 Å². The van der Waals surface area contributed by atoms with Crippen molar-refractivity contribution < 1.29 is 4.21 Å². The van der Waals surface area contributed by atoms with Crippen LogP contribution in [0.5, 0.6) is 0 Å². The van der Waals surface area contributed by atoms with E-state index in [1.54, 1.807) is 0 Å². The fraction of sp³-hybridized carbons (Fsp3) is 0.571. The minimum atomic E-state index is -0.553. The van der Waals surface area contributed by atoms with Crippen molar-refractivity contribution in [2.24, 2.45) is 0 Å². The topological polar surface area (TPSA) is 20.3 Å². The van der Waals surface area contributed by atoms with Crippen molar-refractivity contribution in [3.05, 3.63) is 35.9 Å². The van der Waals surface area contributed by atoms with Crippen molar-refractivity contribution in [3.63, 3.8) is 0 Å². The van der Waals surface area contributed by atoms with Crippen molar-refractivity contribution in [1.82, 2.24) is 4.90 Å². The van der Waals surface area contributed by atoms with E-state index in [9.17, 15) is 4.21 Å². The predicted octanol–water partition coefficient (Wildman–Crippen LogP) is 2.24. The van der Waals surface area contributed by atoms with Crippen LogP contribution >= 0.6 is 0 Å². The summed E-state index contributed by atoms with van der Waals surface area (Å²) in [4.78, 5) is 2.45. The van der Waals surface area contributed by atoms with E-state index in [0.717, 1.165) is 31.1 Å². The first-order valence-corrected chi connectivity index (χ1v) is 7.87. The molecule has 0 spiro atoms. The molecule has 1 atom stereocenters. The highest BCUT2D eigenvalue weighted by Crippen LogP contribution is 2.19.